The van der Waals surface area contributed by atoms with Gasteiger partial charge in [-0.1, -0.05) is 30.3 Å². The number of rotatable bonds is 27. The summed E-state index contributed by atoms with van der Waals surface area (Å²) in [7, 11) is 0. The first-order valence-electron chi connectivity index (χ1n) is 25.8. The number of aliphatic hydroxyl groups is 15. The lowest BCUT2D eigenvalue weighted by Crippen LogP contribution is -2.78. The van der Waals surface area contributed by atoms with Crippen LogP contribution in [-0.2, 0) is 54.1 Å². The molecule has 30 nitrogen and oxygen atoms in total. The number of unbranched alkanes of at least 4 members (excludes halogenated alkanes) is 2. The van der Waals surface area contributed by atoms with E-state index in [0.717, 1.165) is 0 Å². The summed E-state index contributed by atoms with van der Waals surface area (Å²) in [6.07, 6.45) is -37.3. The van der Waals surface area contributed by atoms with Gasteiger partial charge in [-0.25, -0.2) is 4.79 Å². The molecule has 1 aromatic rings. The van der Waals surface area contributed by atoms with Crippen LogP contribution >= 0.6 is 0 Å². The zero-order chi connectivity index (χ0) is 57.4. The third-order valence-electron chi connectivity index (χ3n) is 14.1. The molecule has 0 spiro atoms. The number of hydrogen-bond acceptors (Lipinski definition) is 27. The van der Waals surface area contributed by atoms with Gasteiger partial charge in [-0.15, -0.1) is 0 Å². The highest BCUT2D eigenvalue weighted by molar-refractivity contribution is 5.94. The number of imide groups is 1. The molecule has 5 rings (SSSR count). The van der Waals surface area contributed by atoms with Gasteiger partial charge in [0.2, 0.25) is 17.7 Å². The van der Waals surface area contributed by atoms with Crippen LogP contribution in [0.2, 0.25) is 0 Å². The number of aliphatic hydroxyl groups excluding tert-OH is 14. The Hall–Kier alpha value is -3.78. The van der Waals surface area contributed by atoms with Crippen LogP contribution in [0.5, 0.6) is 0 Å². The van der Waals surface area contributed by atoms with Crippen LogP contribution in [0.15, 0.2) is 30.3 Å². The molecule has 30 heteroatoms. The van der Waals surface area contributed by atoms with Crippen molar-refractivity contribution < 1.29 is 129 Å². The number of benzene rings is 1. The monoisotopic (exact) mass is 1130 g/mol. The number of carbonyl (C=O) groups excluding carboxylic acids is 4. The minimum Gasteiger partial charge on any atom is -0.444 e. The second-order valence-corrected chi connectivity index (χ2v) is 19.7. The van der Waals surface area contributed by atoms with Crippen molar-refractivity contribution in [2.24, 2.45) is 0 Å². The third-order valence-corrected chi connectivity index (χ3v) is 14.1. The van der Waals surface area contributed by atoms with Gasteiger partial charge in [0.1, 0.15) is 98.2 Å². The highest BCUT2D eigenvalue weighted by Gasteiger charge is 2.65. The molecule has 4 amide bonds. The second kappa shape index (κ2) is 30.9. The summed E-state index contributed by atoms with van der Waals surface area (Å²) in [5.41, 5.74) is -2.55. The Morgan fingerprint density at radius 1 is 0.641 bits per heavy atom. The fraction of sp³-hybridized carbons (Fsp3) is 0.792. The van der Waals surface area contributed by atoms with Gasteiger partial charge < -0.3 is 126 Å². The van der Waals surface area contributed by atoms with Crippen LogP contribution < -0.4 is 21.3 Å². The Morgan fingerprint density at radius 2 is 1.23 bits per heavy atom. The Kier molecular flexibility index (Phi) is 25.7. The summed E-state index contributed by atoms with van der Waals surface area (Å²) in [6.45, 7) is -0.713. The molecule has 0 radical (unpaired) electrons. The number of amides is 4. The molecule has 19 N–H and O–H groups in total. The molecule has 4 saturated heterocycles. The van der Waals surface area contributed by atoms with Crippen molar-refractivity contribution in [3.8, 4) is 0 Å². The zero-order valence-corrected chi connectivity index (χ0v) is 42.8. The van der Waals surface area contributed by atoms with Crippen molar-refractivity contribution in [3.05, 3.63) is 35.9 Å². The van der Waals surface area contributed by atoms with E-state index in [2.05, 4.69) is 21.3 Å². The Labute approximate surface area is 447 Å². The molecular weight excluding hydrogens is 1050 g/mol. The molecule has 446 valence electrons. The van der Waals surface area contributed by atoms with Crippen molar-refractivity contribution in [1.82, 2.24) is 21.3 Å². The van der Waals surface area contributed by atoms with E-state index in [1.807, 2.05) is 0 Å². The predicted octanol–water partition coefficient (Wildman–Crippen LogP) is -8.21. The van der Waals surface area contributed by atoms with E-state index in [-0.39, 0.29) is 70.3 Å². The molecule has 0 aliphatic carbocycles. The zero-order valence-electron chi connectivity index (χ0n) is 42.8. The van der Waals surface area contributed by atoms with Gasteiger partial charge in [-0.2, -0.15) is 0 Å². The molecule has 4 fully saturated rings. The molecule has 0 bridgehead atoms. The molecule has 4 heterocycles. The summed E-state index contributed by atoms with van der Waals surface area (Å²) >= 11 is 0. The largest absolute Gasteiger partial charge is 0.444 e. The van der Waals surface area contributed by atoms with Gasteiger partial charge in [-0.3, -0.25) is 19.7 Å². The van der Waals surface area contributed by atoms with Gasteiger partial charge in [0, 0.05) is 25.9 Å². The second-order valence-electron chi connectivity index (χ2n) is 19.7. The molecule has 1 aromatic carbocycles. The van der Waals surface area contributed by atoms with E-state index in [9.17, 15) is 95.8 Å². The highest BCUT2D eigenvalue weighted by Crippen LogP contribution is 2.41. The third kappa shape index (κ3) is 16.9. The first-order chi connectivity index (χ1) is 37.0. The normalized spacial score (nSPS) is 36.9. The molecule has 78 heavy (non-hydrogen) atoms. The standard InChI is InChI=1S/C48H78N4O26/c1-22-30(57)33(60)37(64)45(74-22)72-18-17-51-29(56)13-6-5-12-28(55)50-15-8-7-11-24(43(68)52-47(70)73-21-23-9-3-2-4-10-23)49-16-14-25-40(66)48(71,42-36(63)34(61)31(58)26(19-53)76-42)41(67)39(75-25)44(69)78-46-38(65)35(62)32(59)27(20-54)77-46/h2-4,9-10,22,24-27,30-42,44-46,49,53-54,57-67,69,71H,5-8,11-21H2,1H3,(H,50,55)(H,51,56)(H,52,68,70)/t22-,24-,25+,26+,27+,30+,31+,32+,33+,34-,35-,36-,37-,38-,39-,40+,41+,42-,44?,45+,46+,48+/m0/s1. The fourth-order valence-corrected chi connectivity index (χ4v) is 9.39. The van der Waals surface area contributed by atoms with Gasteiger partial charge >= 0.3 is 6.09 Å². The predicted molar refractivity (Wildman–Crippen MR) is 258 cm³/mol. The van der Waals surface area contributed by atoms with Crippen LogP contribution in [0, 0.1) is 0 Å². The molecular formula is C48H78N4O26. The van der Waals surface area contributed by atoms with E-state index in [4.69, 9.17) is 33.2 Å². The van der Waals surface area contributed by atoms with Crippen molar-refractivity contribution in [2.45, 2.75) is 199 Å². The van der Waals surface area contributed by atoms with Crippen LogP contribution in [0.1, 0.15) is 63.9 Å². The first kappa shape index (κ1) is 65.0. The highest BCUT2D eigenvalue weighted by atomic mass is 16.8. The SMILES string of the molecule is C[C@@H]1O[C@@H](OCCNC(=O)CCCCC(=O)NCCCC[C@H](NCC[C@H]2O[C@H](C(O)O[C@H]3O[C@H](CO)[C@@H](O)[C@H](O)[C@@H]3O)[C@@H](O)[C@@](O)([C@H]3O[C@H](CO)[C@@H](O)[C@H](O)[C@@H]3O)[C@@H]2O)C(=O)NC(=O)OCc2ccccc2)[C@@H](O)[C@H](O)[C@@H]1O. The quantitative estimate of drug-likeness (QED) is 0.0287. The lowest BCUT2D eigenvalue weighted by molar-refractivity contribution is -0.383. The Bertz CT molecular complexity index is 2000. The molecule has 22 atom stereocenters. The van der Waals surface area contributed by atoms with Crippen molar-refractivity contribution in [1.29, 1.82) is 0 Å². The first-order valence-corrected chi connectivity index (χ1v) is 25.8. The van der Waals surface area contributed by atoms with Crippen molar-refractivity contribution in [3.63, 3.8) is 0 Å². The maximum absolute atomic E-state index is 13.6. The minimum atomic E-state index is -3.17. The number of hydrogen-bond donors (Lipinski definition) is 19. The fourth-order valence-electron chi connectivity index (χ4n) is 9.39. The topological polar surface area (TPSA) is 484 Å². The van der Waals surface area contributed by atoms with E-state index < -0.39 is 166 Å². The van der Waals surface area contributed by atoms with E-state index in [0.29, 0.717) is 24.8 Å². The summed E-state index contributed by atoms with van der Waals surface area (Å²) in [5, 5.41) is 170. The number of alkyl carbamates (subject to hydrolysis) is 1. The van der Waals surface area contributed by atoms with E-state index >= 15 is 0 Å². The number of carbonyl (C=O) groups is 4. The summed E-state index contributed by atoms with van der Waals surface area (Å²) in [4.78, 5) is 51.3. The van der Waals surface area contributed by atoms with E-state index in [1.54, 1.807) is 30.3 Å². The van der Waals surface area contributed by atoms with Gasteiger partial charge in [-0.05, 0) is 57.6 Å². The maximum Gasteiger partial charge on any atom is 0.414 e. The van der Waals surface area contributed by atoms with Crippen LogP contribution in [0.25, 0.3) is 0 Å². The molecule has 4 aliphatic heterocycles. The lowest BCUT2D eigenvalue weighted by atomic mass is 9.72. The molecule has 0 aromatic heterocycles. The average Bonchev–Trinajstić information content (AvgIpc) is 3.44. The summed E-state index contributed by atoms with van der Waals surface area (Å²) < 4.78 is 38.0. The molecule has 0 saturated carbocycles. The van der Waals surface area contributed by atoms with Gasteiger partial charge in [0.05, 0.1) is 38.1 Å². The number of ether oxygens (including phenoxy) is 7. The minimum absolute atomic E-state index is 0.0160. The van der Waals surface area contributed by atoms with E-state index in [1.165, 1.54) is 6.92 Å². The summed E-state index contributed by atoms with van der Waals surface area (Å²) in [5.74, 6) is -1.50. The number of nitrogens with one attached hydrogen (secondary N) is 4. The van der Waals surface area contributed by atoms with Crippen LogP contribution in [-0.4, -0.2) is 274 Å². The maximum atomic E-state index is 13.6. The lowest BCUT2D eigenvalue weighted by Gasteiger charge is -2.55. The summed E-state index contributed by atoms with van der Waals surface area (Å²) in [6, 6.07) is 7.35. The Balaban J connectivity index is 1.17. The van der Waals surface area contributed by atoms with Crippen molar-refractivity contribution in [2.75, 3.05) is 39.5 Å². The average molecular weight is 1130 g/mol. The van der Waals surface area contributed by atoms with Gasteiger partial charge in [0.25, 0.3) is 0 Å². The van der Waals surface area contributed by atoms with Crippen LogP contribution in [0.3, 0.4) is 0 Å². The molecule has 1 unspecified atom stereocenters. The smallest absolute Gasteiger partial charge is 0.414 e. The molecule has 4 aliphatic rings. The Morgan fingerprint density at radius 3 is 1.87 bits per heavy atom. The van der Waals surface area contributed by atoms with Gasteiger partial charge in [0.15, 0.2) is 24.5 Å². The van der Waals surface area contributed by atoms with Crippen LogP contribution in [0.4, 0.5) is 4.79 Å². The van der Waals surface area contributed by atoms with Crippen molar-refractivity contribution >= 4 is 23.8 Å².